The van der Waals surface area contributed by atoms with Crippen LogP contribution in [0, 0.1) is 11.6 Å². The molecule has 0 atom stereocenters. The van der Waals surface area contributed by atoms with E-state index in [1.165, 1.54) is 0 Å². The molecule has 98 valence electrons. The summed E-state index contributed by atoms with van der Waals surface area (Å²) in [6.07, 6.45) is 4.75. The number of benzene rings is 1. The molecule has 0 amide bonds. The number of aromatic nitrogens is 2. The Morgan fingerprint density at radius 1 is 1.47 bits per heavy atom. The third-order valence-electron chi connectivity index (χ3n) is 3.14. The molecule has 2 nitrogen and oxygen atoms in total. The molecule has 0 fully saturated rings. The lowest BCUT2D eigenvalue weighted by atomic mass is 10.1. The number of fused-ring (bicyclic) bond motifs is 1. The molecule has 1 aromatic heterocycles. The van der Waals surface area contributed by atoms with Crippen LogP contribution in [0.1, 0.15) is 25.2 Å². The monoisotopic (exact) mass is 270 g/mol. The Morgan fingerprint density at radius 3 is 2.84 bits per heavy atom. The Balaban J connectivity index is 2.90. The van der Waals surface area contributed by atoms with Gasteiger partial charge in [0.05, 0.1) is 5.52 Å². The predicted molar refractivity (Wildman–Crippen MR) is 84.8 cm³/mol. The van der Waals surface area contributed by atoms with Crippen molar-refractivity contribution in [3.05, 3.63) is 53.0 Å². The van der Waals surface area contributed by atoms with E-state index in [4.69, 9.17) is 17.2 Å². The summed E-state index contributed by atoms with van der Waals surface area (Å²) in [5, 5.41) is 1.04. The maximum Gasteiger partial charge on any atom is 0.121 e. The van der Waals surface area contributed by atoms with Crippen molar-refractivity contribution in [2.24, 2.45) is 0 Å². The molecule has 0 saturated carbocycles. The Morgan fingerprint density at radius 2 is 2.21 bits per heavy atom. The molecule has 0 saturated heterocycles. The fourth-order valence-corrected chi connectivity index (χ4v) is 2.73. The summed E-state index contributed by atoms with van der Waals surface area (Å²) < 4.78 is 2.77. The van der Waals surface area contributed by atoms with Crippen molar-refractivity contribution in [3.63, 3.8) is 0 Å². The van der Waals surface area contributed by atoms with E-state index in [9.17, 15) is 0 Å². The normalized spacial score (nSPS) is 11.3. The zero-order valence-electron chi connectivity index (χ0n) is 11.6. The van der Waals surface area contributed by atoms with Gasteiger partial charge in [-0.1, -0.05) is 43.9 Å². The van der Waals surface area contributed by atoms with E-state index in [1.807, 2.05) is 35.8 Å². The van der Waals surface area contributed by atoms with Gasteiger partial charge in [0.15, 0.2) is 0 Å². The lowest BCUT2D eigenvalue weighted by Crippen LogP contribution is -2.08. The van der Waals surface area contributed by atoms with Gasteiger partial charge in [-0.25, -0.2) is 4.98 Å². The molecular formula is C16H18N2S. The van der Waals surface area contributed by atoms with Gasteiger partial charge in [-0.3, -0.25) is 4.57 Å². The summed E-state index contributed by atoms with van der Waals surface area (Å²) in [5.41, 5.74) is 2.98. The van der Waals surface area contributed by atoms with Gasteiger partial charge in [0, 0.05) is 17.5 Å². The molecule has 1 aromatic carbocycles. The fourth-order valence-electron chi connectivity index (χ4n) is 2.24. The van der Waals surface area contributed by atoms with E-state index < -0.39 is 0 Å². The molecule has 3 heteroatoms. The zero-order chi connectivity index (χ0) is 14.0. The van der Waals surface area contributed by atoms with Crippen LogP contribution >= 0.6 is 12.2 Å². The second-order valence-electron chi connectivity index (χ2n) is 4.48. The van der Waals surface area contributed by atoms with Crippen molar-refractivity contribution in [1.29, 1.82) is 0 Å². The topological polar surface area (TPSA) is 17.8 Å². The van der Waals surface area contributed by atoms with Crippen LogP contribution in [0.4, 0.5) is 0 Å². The highest BCUT2D eigenvalue weighted by Crippen LogP contribution is 2.22. The number of nitrogens with zero attached hydrogens (tertiary/aromatic N) is 2. The SMILES string of the molecule is C=C(/C=C\C)n1c(CC)nc2cccc(C)c2c1=S. The van der Waals surface area contributed by atoms with Crippen molar-refractivity contribution in [3.8, 4) is 0 Å². The highest BCUT2D eigenvalue weighted by Gasteiger charge is 2.09. The predicted octanol–water partition coefficient (Wildman–Crippen LogP) is 4.68. The average molecular weight is 270 g/mol. The van der Waals surface area contributed by atoms with Gasteiger partial charge >= 0.3 is 0 Å². The van der Waals surface area contributed by atoms with Gasteiger partial charge < -0.3 is 0 Å². The number of rotatable bonds is 3. The molecule has 0 aliphatic carbocycles. The van der Waals surface area contributed by atoms with Crippen molar-refractivity contribution >= 4 is 28.8 Å². The summed E-state index contributed by atoms with van der Waals surface area (Å²) in [7, 11) is 0. The van der Waals surface area contributed by atoms with Gasteiger partial charge in [-0.2, -0.15) is 0 Å². The molecule has 0 radical (unpaired) electrons. The van der Waals surface area contributed by atoms with E-state index in [-0.39, 0.29) is 0 Å². The molecule has 0 aliphatic rings. The fraction of sp³-hybridized carbons (Fsp3) is 0.250. The number of hydrogen-bond acceptors (Lipinski definition) is 2. The van der Waals surface area contributed by atoms with E-state index in [1.54, 1.807) is 0 Å². The van der Waals surface area contributed by atoms with Crippen LogP contribution < -0.4 is 0 Å². The smallest absolute Gasteiger partial charge is 0.121 e. The molecule has 0 spiro atoms. The van der Waals surface area contributed by atoms with Crippen molar-refractivity contribution in [2.45, 2.75) is 27.2 Å². The molecule has 2 aromatic rings. The molecule has 0 bridgehead atoms. The highest BCUT2D eigenvalue weighted by molar-refractivity contribution is 7.71. The summed E-state index contributed by atoms with van der Waals surface area (Å²) >= 11 is 5.65. The standard InChI is InChI=1S/C16H18N2S/c1-5-8-12(4)18-14(6-2)17-13-10-7-9-11(3)15(13)16(18)19/h5,7-10H,4,6H2,1-3H3/b8-5-. The van der Waals surface area contributed by atoms with Crippen LogP contribution in [-0.2, 0) is 6.42 Å². The maximum atomic E-state index is 5.65. The third kappa shape index (κ3) is 2.38. The van der Waals surface area contributed by atoms with Crippen LogP contribution in [0.15, 0.2) is 36.9 Å². The summed E-state index contributed by atoms with van der Waals surface area (Å²) in [6, 6.07) is 6.10. The molecule has 0 N–H and O–H groups in total. The zero-order valence-corrected chi connectivity index (χ0v) is 12.4. The molecule has 0 aliphatic heterocycles. The van der Waals surface area contributed by atoms with E-state index in [2.05, 4.69) is 26.5 Å². The Bertz CT molecular complexity index is 723. The van der Waals surface area contributed by atoms with Crippen LogP contribution in [-0.4, -0.2) is 9.55 Å². The quantitative estimate of drug-likeness (QED) is 0.595. The first-order valence-corrected chi connectivity index (χ1v) is 6.84. The van der Waals surface area contributed by atoms with Crippen LogP contribution in [0.3, 0.4) is 0 Å². The van der Waals surface area contributed by atoms with Crippen molar-refractivity contribution < 1.29 is 0 Å². The van der Waals surface area contributed by atoms with E-state index in [0.717, 1.165) is 39.0 Å². The highest BCUT2D eigenvalue weighted by atomic mass is 32.1. The Hall–Kier alpha value is -1.74. The van der Waals surface area contributed by atoms with E-state index in [0.29, 0.717) is 0 Å². The van der Waals surface area contributed by atoms with Gasteiger partial charge in [0.25, 0.3) is 0 Å². The first-order chi connectivity index (χ1) is 9.10. The van der Waals surface area contributed by atoms with E-state index >= 15 is 0 Å². The Labute approximate surface area is 119 Å². The average Bonchev–Trinajstić information content (AvgIpc) is 2.38. The van der Waals surface area contributed by atoms with Gasteiger partial charge in [-0.05, 0) is 31.6 Å². The van der Waals surface area contributed by atoms with Crippen LogP contribution in [0.2, 0.25) is 0 Å². The first kappa shape index (κ1) is 13.7. The molecule has 2 rings (SSSR count). The lowest BCUT2D eigenvalue weighted by Gasteiger charge is -2.15. The summed E-state index contributed by atoms with van der Waals surface area (Å²) in [4.78, 5) is 4.72. The van der Waals surface area contributed by atoms with Gasteiger partial charge in [0.2, 0.25) is 0 Å². The third-order valence-corrected chi connectivity index (χ3v) is 3.52. The summed E-state index contributed by atoms with van der Waals surface area (Å²) in [6.45, 7) is 10.2. The van der Waals surface area contributed by atoms with Gasteiger partial charge in [-0.15, -0.1) is 0 Å². The largest absolute Gasteiger partial charge is 0.289 e. The number of hydrogen-bond donors (Lipinski definition) is 0. The van der Waals surface area contributed by atoms with Crippen LogP contribution in [0.25, 0.3) is 16.6 Å². The minimum atomic E-state index is 0.794. The molecule has 19 heavy (non-hydrogen) atoms. The number of aryl methyl sites for hydroxylation is 2. The van der Waals surface area contributed by atoms with Crippen molar-refractivity contribution in [2.75, 3.05) is 0 Å². The Kier molecular flexibility index (Phi) is 3.96. The summed E-state index contributed by atoms with van der Waals surface area (Å²) in [5.74, 6) is 0.950. The lowest BCUT2D eigenvalue weighted by molar-refractivity contribution is 0.867. The minimum Gasteiger partial charge on any atom is -0.289 e. The maximum absolute atomic E-state index is 5.65. The van der Waals surface area contributed by atoms with Crippen LogP contribution in [0.5, 0.6) is 0 Å². The molecule has 1 heterocycles. The van der Waals surface area contributed by atoms with Gasteiger partial charge in [0.1, 0.15) is 10.5 Å². The number of allylic oxidation sites excluding steroid dienone is 3. The van der Waals surface area contributed by atoms with Crippen molar-refractivity contribution in [1.82, 2.24) is 9.55 Å². The second-order valence-corrected chi connectivity index (χ2v) is 4.87. The second kappa shape index (κ2) is 5.49. The molecule has 0 unspecified atom stereocenters. The first-order valence-electron chi connectivity index (χ1n) is 6.43. The molecular weight excluding hydrogens is 252 g/mol. The minimum absolute atomic E-state index is 0.794.